The SMILES string of the molecule is Cc1cccc(C(=S)S)c1Cl. The molecule has 11 heavy (non-hydrogen) atoms. The number of aryl methyl sites for hydroxylation is 1. The Labute approximate surface area is 82.0 Å². The molecular weight excluding hydrogens is 196 g/mol. The molecule has 0 amide bonds. The molecule has 0 atom stereocenters. The predicted octanol–water partition coefficient (Wildman–Crippen LogP) is 3.25. The Hall–Kier alpha value is -0.0500. The highest BCUT2D eigenvalue weighted by Crippen LogP contribution is 2.21. The van der Waals surface area contributed by atoms with Crippen LogP contribution < -0.4 is 0 Å². The Morgan fingerprint density at radius 3 is 2.64 bits per heavy atom. The van der Waals surface area contributed by atoms with Gasteiger partial charge in [0.2, 0.25) is 0 Å². The van der Waals surface area contributed by atoms with Crippen LogP contribution in [0, 0.1) is 6.92 Å². The van der Waals surface area contributed by atoms with Crippen LogP contribution >= 0.6 is 36.4 Å². The summed E-state index contributed by atoms with van der Waals surface area (Å²) in [6, 6.07) is 5.72. The van der Waals surface area contributed by atoms with E-state index in [1.807, 2.05) is 25.1 Å². The Bertz CT molecular complexity index is 294. The summed E-state index contributed by atoms with van der Waals surface area (Å²) in [5, 5.41) is 0.701. The molecule has 58 valence electrons. The summed E-state index contributed by atoms with van der Waals surface area (Å²) in [7, 11) is 0. The number of halogens is 1. The van der Waals surface area contributed by atoms with Crippen LogP contribution in [0.15, 0.2) is 18.2 Å². The lowest BCUT2D eigenvalue weighted by Crippen LogP contribution is -1.89. The van der Waals surface area contributed by atoms with E-state index in [0.29, 0.717) is 9.22 Å². The van der Waals surface area contributed by atoms with Gasteiger partial charge in [-0.2, -0.15) is 0 Å². The lowest BCUT2D eigenvalue weighted by Gasteiger charge is -2.02. The normalized spacial score (nSPS) is 9.73. The number of hydrogen-bond acceptors (Lipinski definition) is 1. The molecule has 0 aliphatic rings. The maximum atomic E-state index is 5.95. The van der Waals surface area contributed by atoms with Gasteiger partial charge in [0, 0.05) is 5.56 Å². The van der Waals surface area contributed by atoms with E-state index in [1.165, 1.54) is 0 Å². The van der Waals surface area contributed by atoms with Crippen molar-refractivity contribution in [2.45, 2.75) is 6.92 Å². The van der Waals surface area contributed by atoms with Gasteiger partial charge in [-0.25, -0.2) is 0 Å². The van der Waals surface area contributed by atoms with Crippen molar-refractivity contribution < 1.29 is 0 Å². The molecule has 0 unspecified atom stereocenters. The van der Waals surface area contributed by atoms with E-state index in [-0.39, 0.29) is 0 Å². The predicted molar refractivity (Wildman–Crippen MR) is 56.9 cm³/mol. The first kappa shape index (κ1) is 9.04. The number of hydrogen-bond donors (Lipinski definition) is 1. The minimum Gasteiger partial charge on any atom is -0.131 e. The highest BCUT2D eigenvalue weighted by molar-refractivity contribution is 8.11. The second-order valence-electron chi connectivity index (χ2n) is 2.24. The zero-order chi connectivity index (χ0) is 8.43. The largest absolute Gasteiger partial charge is 0.131 e. The first-order valence-electron chi connectivity index (χ1n) is 3.11. The fraction of sp³-hybridized carbons (Fsp3) is 0.125. The van der Waals surface area contributed by atoms with Crippen molar-refractivity contribution in [3.05, 3.63) is 34.3 Å². The molecule has 0 aliphatic heterocycles. The topological polar surface area (TPSA) is 0 Å². The molecule has 0 radical (unpaired) electrons. The molecule has 1 rings (SSSR count). The number of benzene rings is 1. The second-order valence-corrected chi connectivity index (χ2v) is 3.78. The lowest BCUT2D eigenvalue weighted by molar-refractivity contribution is 1.46. The summed E-state index contributed by atoms with van der Waals surface area (Å²) in [6.45, 7) is 1.94. The van der Waals surface area contributed by atoms with Gasteiger partial charge in [-0.1, -0.05) is 42.0 Å². The first-order valence-corrected chi connectivity index (χ1v) is 4.34. The average Bonchev–Trinajstić information content (AvgIpc) is 1.94. The Balaban J connectivity index is 3.27. The van der Waals surface area contributed by atoms with Gasteiger partial charge in [-0.3, -0.25) is 0 Å². The summed E-state index contributed by atoms with van der Waals surface area (Å²) in [6.07, 6.45) is 0. The average molecular weight is 203 g/mol. The molecule has 1 aromatic rings. The third-order valence-corrected chi connectivity index (χ3v) is 2.38. The number of thiocarbonyl (C=S) groups is 1. The first-order chi connectivity index (χ1) is 5.13. The van der Waals surface area contributed by atoms with Gasteiger partial charge in [0.05, 0.1) is 9.22 Å². The van der Waals surface area contributed by atoms with E-state index in [1.54, 1.807) is 0 Å². The fourth-order valence-electron chi connectivity index (χ4n) is 0.813. The maximum Gasteiger partial charge on any atom is 0.0762 e. The summed E-state index contributed by atoms with van der Waals surface area (Å²) in [5.41, 5.74) is 1.87. The Kier molecular flexibility index (Phi) is 2.93. The molecule has 0 bridgehead atoms. The fourth-order valence-corrected chi connectivity index (χ4v) is 1.51. The molecule has 0 saturated carbocycles. The van der Waals surface area contributed by atoms with Crippen LogP contribution in [0.25, 0.3) is 0 Å². The van der Waals surface area contributed by atoms with Gasteiger partial charge in [0.15, 0.2) is 0 Å². The van der Waals surface area contributed by atoms with Crippen molar-refractivity contribution in [3.63, 3.8) is 0 Å². The van der Waals surface area contributed by atoms with Crippen molar-refractivity contribution in [2.75, 3.05) is 0 Å². The van der Waals surface area contributed by atoms with E-state index in [0.717, 1.165) is 11.1 Å². The highest BCUT2D eigenvalue weighted by atomic mass is 35.5. The molecule has 0 aromatic heterocycles. The standard InChI is InChI=1S/C8H7ClS2/c1-5-3-2-4-6(7(5)9)8(10)11/h2-4H,1H3,(H,10,11). The third-order valence-electron chi connectivity index (χ3n) is 1.42. The smallest absolute Gasteiger partial charge is 0.0762 e. The molecule has 3 heteroatoms. The van der Waals surface area contributed by atoms with Crippen molar-refractivity contribution in [3.8, 4) is 0 Å². The minimum absolute atomic E-state index is 0.540. The van der Waals surface area contributed by atoms with Crippen LogP contribution in [0.4, 0.5) is 0 Å². The van der Waals surface area contributed by atoms with E-state index in [4.69, 9.17) is 23.8 Å². The Morgan fingerprint density at radius 2 is 2.18 bits per heavy atom. The van der Waals surface area contributed by atoms with Crippen molar-refractivity contribution in [1.29, 1.82) is 0 Å². The van der Waals surface area contributed by atoms with E-state index in [2.05, 4.69) is 12.6 Å². The Morgan fingerprint density at radius 1 is 1.55 bits per heavy atom. The summed E-state index contributed by atoms with van der Waals surface area (Å²) in [5.74, 6) is 0. The van der Waals surface area contributed by atoms with E-state index in [9.17, 15) is 0 Å². The molecule has 0 heterocycles. The summed E-state index contributed by atoms with van der Waals surface area (Å²) in [4.78, 5) is 0. The summed E-state index contributed by atoms with van der Waals surface area (Å²) < 4.78 is 0.540. The second kappa shape index (κ2) is 3.57. The third kappa shape index (κ3) is 1.95. The molecule has 0 N–H and O–H groups in total. The van der Waals surface area contributed by atoms with Crippen LogP contribution in [0.2, 0.25) is 5.02 Å². The quantitative estimate of drug-likeness (QED) is 0.539. The monoisotopic (exact) mass is 202 g/mol. The number of thiol groups is 1. The lowest BCUT2D eigenvalue weighted by atomic mass is 10.2. The van der Waals surface area contributed by atoms with Crippen LogP contribution in [-0.2, 0) is 0 Å². The van der Waals surface area contributed by atoms with Crippen LogP contribution in [0.3, 0.4) is 0 Å². The van der Waals surface area contributed by atoms with E-state index < -0.39 is 0 Å². The van der Waals surface area contributed by atoms with Crippen LogP contribution in [0.5, 0.6) is 0 Å². The molecule has 0 spiro atoms. The zero-order valence-corrected chi connectivity index (χ0v) is 8.43. The number of rotatable bonds is 1. The van der Waals surface area contributed by atoms with Crippen LogP contribution in [0.1, 0.15) is 11.1 Å². The van der Waals surface area contributed by atoms with Gasteiger partial charge >= 0.3 is 0 Å². The van der Waals surface area contributed by atoms with E-state index >= 15 is 0 Å². The van der Waals surface area contributed by atoms with Gasteiger partial charge in [0.1, 0.15) is 0 Å². The van der Waals surface area contributed by atoms with Gasteiger partial charge in [0.25, 0.3) is 0 Å². The van der Waals surface area contributed by atoms with Crippen molar-refractivity contribution >= 4 is 40.6 Å². The molecule has 0 aliphatic carbocycles. The van der Waals surface area contributed by atoms with Gasteiger partial charge in [-0.15, -0.1) is 12.6 Å². The molecule has 0 nitrogen and oxygen atoms in total. The molecule has 1 aromatic carbocycles. The van der Waals surface area contributed by atoms with Crippen molar-refractivity contribution in [2.24, 2.45) is 0 Å². The summed E-state index contributed by atoms with van der Waals surface area (Å²) >= 11 is 14.9. The van der Waals surface area contributed by atoms with Crippen LogP contribution in [-0.4, -0.2) is 4.20 Å². The maximum absolute atomic E-state index is 5.95. The van der Waals surface area contributed by atoms with Crippen molar-refractivity contribution in [1.82, 2.24) is 0 Å². The zero-order valence-electron chi connectivity index (χ0n) is 5.97. The molecular formula is C8H7ClS2. The van der Waals surface area contributed by atoms with Gasteiger partial charge in [-0.05, 0) is 12.5 Å². The molecule has 0 fully saturated rings. The highest BCUT2D eigenvalue weighted by Gasteiger charge is 2.03. The minimum atomic E-state index is 0.540. The van der Waals surface area contributed by atoms with Gasteiger partial charge < -0.3 is 0 Å². The molecule has 0 saturated heterocycles.